The van der Waals surface area contributed by atoms with Crippen LogP contribution in [-0.4, -0.2) is 55.7 Å². The molecule has 6 nitrogen and oxygen atoms in total. The van der Waals surface area contributed by atoms with Gasteiger partial charge in [-0.1, -0.05) is 36.4 Å². The van der Waals surface area contributed by atoms with E-state index in [-0.39, 0.29) is 17.9 Å². The van der Waals surface area contributed by atoms with Crippen LogP contribution in [0.4, 0.5) is 0 Å². The van der Waals surface area contributed by atoms with E-state index < -0.39 is 6.04 Å². The Hall–Kier alpha value is -2.86. The smallest absolute Gasteiger partial charge is 0.254 e. The number of rotatable bonds is 7. The highest BCUT2D eigenvalue weighted by Crippen LogP contribution is 2.25. The first kappa shape index (κ1) is 18.9. The third-order valence-electron chi connectivity index (χ3n) is 4.50. The Bertz CT molecular complexity index is 751. The standard InChI is InChI=1S/C21H24N2O4/c1-26-13-12-22-20(24)19-14-18(27-17-10-6-3-7-11-17)15-23(19)21(25)16-8-4-2-5-9-16/h2-11,18-19H,12-15H2,1H3,(H,22,24)/t18-,19+/m0/s1. The molecule has 2 aromatic rings. The predicted octanol–water partition coefficient (Wildman–Crippen LogP) is 2.11. The van der Waals surface area contributed by atoms with Gasteiger partial charge in [-0.15, -0.1) is 0 Å². The Labute approximate surface area is 159 Å². The highest BCUT2D eigenvalue weighted by Gasteiger charge is 2.40. The van der Waals surface area contributed by atoms with Gasteiger partial charge in [0.1, 0.15) is 17.9 Å². The van der Waals surface area contributed by atoms with Gasteiger partial charge < -0.3 is 19.7 Å². The molecule has 0 saturated carbocycles. The summed E-state index contributed by atoms with van der Waals surface area (Å²) >= 11 is 0. The average molecular weight is 368 g/mol. The molecular weight excluding hydrogens is 344 g/mol. The Kier molecular flexibility index (Phi) is 6.44. The molecule has 0 spiro atoms. The van der Waals surface area contributed by atoms with Gasteiger partial charge in [-0.2, -0.15) is 0 Å². The summed E-state index contributed by atoms with van der Waals surface area (Å²) in [6, 6.07) is 17.9. The second-order valence-corrected chi connectivity index (χ2v) is 6.41. The first-order valence-corrected chi connectivity index (χ1v) is 9.03. The quantitative estimate of drug-likeness (QED) is 0.760. The highest BCUT2D eigenvalue weighted by atomic mass is 16.5. The maximum atomic E-state index is 13.0. The molecule has 1 fully saturated rings. The van der Waals surface area contributed by atoms with Crippen LogP contribution in [0.3, 0.4) is 0 Å². The summed E-state index contributed by atoms with van der Waals surface area (Å²) in [7, 11) is 1.58. The maximum Gasteiger partial charge on any atom is 0.254 e. The second kappa shape index (κ2) is 9.19. The monoisotopic (exact) mass is 368 g/mol. The van der Waals surface area contributed by atoms with Crippen LogP contribution in [0.15, 0.2) is 60.7 Å². The molecule has 1 aliphatic heterocycles. The fraction of sp³-hybridized carbons (Fsp3) is 0.333. The van der Waals surface area contributed by atoms with E-state index in [1.165, 1.54) is 0 Å². The molecular formula is C21H24N2O4. The van der Waals surface area contributed by atoms with Crippen LogP contribution in [-0.2, 0) is 9.53 Å². The molecule has 0 unspecified atom stereocenters. The van der Waals surface area contributed by atoms with Gasteiger partial charge >= 0.3 is 0 Å². The molecule has 0 radical (unpaired) electrons. The fourth-order valence-corrected chi connectivity index (χ4v) is 3.19. The van der Waals surface area contributed by atoms with Crippen molar-refractivity contribution in [3.05, 3.63) is 66.2 Å². The lowest BCUT2D eigenvalue weighted by atomic mass is 10.1. The van der Waals surface area contributed by atoms with Gasteiger partial charge in [-0.3, -0.25) is 9.59 Å². The second-order valence-electron chi connectivity index (χ2n) is 6.41. The van der Waals surface area contributed by atoms with Crippen LogP contribution in [0.25, 0.3) is 0 Å². The molecule has 2 aromatic carbocycles. The van der Waals surface area contributed by atoms with Crippen molar-refractivity contribution >= 4 is 11.8 Å². The summed E-state index contributed by atoms with van der Waals surface area (Å²) in [6.45, 7) is 1.20. The number of hydrogen-bond acceptors (Lipinski definition) is 4. The van der Waals surface area contributed by atoms with E-state index in [2.05, 4.69) is 5.32 Å². The minimum absolute atomic E-state index is 0.165. The van der Waals surface area contributed by atoms with Gasteiger partial charge in [0.15, 0.2) is 0 Å². The normalized spacial score (nSPS) is 18.9. The fourth-order valence-electron chi connectivity index (χ4n) is 3.19. The van der Waals surface area contributed by atoms with Crippen molar-refractivity contribution in [1.29, 1.82) is 0 Å². The topological polar surface area (TPSA) is 67.9 Å². The number of ether oxygens (including phenoxy) is 2. The number of benzene rings is 2. The van der Waals surface area contributed by atoms with Crippen LogP contribution < -0.4 is 10.1 Å². The van der Waals surface area contributed by atoms with Crippen LogP contribution in [0.1, 0.15) is 16.8 Å². The van der Waals surface area contributed by atoms with Gasteiger partial charge in [0.25, 0.3) is 5.91 Å². The van der Waals surface area contributed by atoms with Crippen molar-refractivity contribution in [2.45, 2.75) is 18.6 Å². The molecule has 1 heterocycles. The zero-order valence-electron chi connectivity index (χ0n) is 15.3. The first-order valence-electron chi connectivity index (χ1n) is 9.03. The minimum Gasteiger partial charge on any atom is -0.488 e. The zero-order valence-corrected chi connectivity index (χ0v) is 15.3. The Morgan fingerprint density at radius 1 is 1.07 bits per heavy atom. The third kappa shape index (κ3) is 4.86. The van der Waals surface area contributed by atoms with Gasteiger partial charge in [-0.25, -0.2) is 0 Å². The number of carbonyl (C=O) groups excluding carboxylic acids is 2. The number of carbonyl (C=O) groups is 2. The Morgan fingerprint density at radius 3 is 2.41 bits per heavy atom. The lowest BCUT2D eigenvalue weighted by Crippen LogP contribution is -2.46. The molecule has 2 amide bonds. The Morgan fingerprint density at radius 2 is 1.74 bits per heavy atom. The molecule has 1 aliphatic rings. The maximum absolute atomic E-state index is 13.0. The van der Waals surface area contributed by atoms with Crippen LogP contribution in [0.5, 0.6) is 5.75 Å². The van der Waals surface area contributed by atoms with E-state index in [1.54, 1.807) is 24.1 Å². The zero-order chi connectivity index (χ0) is 19.1. The van der Waals surface area contributed by atoms with Crippen molar-refractivity contribution in [3.63, 3.8) is 0 Å². The molecule has 1 N–H and O–H groups in total. The van der Waals surface area contributed by atoms with Gasteiger partial charge in [0, 0.05) is 25.6 Å². The molecule has 2 atom stereocenters. The largest absolute Gasteiger partial charge is 0.488 e. The summed E-state index contributed by atoms with van der Waals surface area (Å²) in [4.78, 5) is 27.2. The van der Waals surface area contributed by atoms with E-state index in [1.807, 2.05) is 48.5 Å². The van der Waals surface area contributed by atoms with E-state index >= 15 is 0 Å². The van der Waals surface area contributed by atoms with Crippen molar-refractivity contribution in [1.82, 2.24) is 10.2 Å². The van der Waals surface area contributed by atoms with Gasteiger partial charge in [0.2, 0.25) is 5.91 Å². The van der Waals surface area contributed by atoms with Gasteiger partial charge in [0.05, 0.1) is 13.2 Å². The molecule has 142 valence electrons. The number of methoxy groups -OCH3 is 1. The summed E-state index contributed by atoms with van der Waals surface area (Å²) in [5.74, 6) is 0.382. The number of nitrogens with one attached hydrogen (secondary N) is 1. The summed E-state index contributed by atoms with van der Waals surface area (Å²) in [6.07, 6.45) is 0.213. The SMILES string of the molecule is COCCNC(=O)[C@H]1C[C@H](Oc2ccccc2)CN1C(=O)c1ccccc1. The summed E-state index contributed by atoms with van der Waals surface area (Å²) < 4.78 is 11.0. The molecule has 27 heavy (non-hydrogen) atoms. The van der Waals surface area contributed by atoms with Crippen LogP contribution in [0, 0.1) is 0 Å². The van der Waals surface area contributed by atoms with Crippen molar-refractivity contribution in [2.75, 3.05) is 26.8 Å². The minimum atomic E-state index is -0.566. The molecule has 0 aliphatic carbocycles. The van der Waals surface area contributed by atoms with E-state index in [4.69, 9.17) is 9.47 Å². The molecule has 6 heteroatoms. The Balaban J connectivity index is 1.74. The highest BCUT2D eigenvalue weighted by molar-refractivity contribution is 5.98. The number of nitrogens with zero attached hydrogens (tertiary/aromatic N) is 1. The summed E-state index contributed by atoms with van der Waals surface area (Å²) in [5.41, 5.74) is 0.563. The van der Waals surface area contributed by atoms with E-state index in [0.29, 0.717) is 31.7 Å². The predicted molar refractivity (Wildman–Crippen MR) is 102 cm³/mol. The number of amides is 2. The van der Waals surface area contributed by atoms with Crippen LogP contribution >= 0.6 is 0 Å². The van der Waals surface area contributed by atoms with Gasteiger partial charge in [-0.05, 0) is 24.3 Å². The van der Waals surface area contributed by atoms with Crippen molar-refractivity contribution in [2.24, 2.45) is 0 Å². The molecule has 1 saturated heterocycles. The average Bonchev–Trinajstić information content (AvgIpc) is 3.13. The number of para-hydroxylation sites is 1. The lowest BCUT2D eigenvalue weighted by molar-refractivity contribution is -0.125. The lowest BCUT2D eigenvalue weighted by Gasteiger charge is -2.23. The molecule has 3 rings (SSSR count). The van der Waals surface area contributed by atoms with Crippen LogP contribution in [0.2, 0.25) is 0 Å². The number of hydrogen-bond donors (Lipinski definition) is 1. The van der Waals surface area contributed by atoms with Crippen molar-refractivity contribution < 1.29 is 19.1 Å². The molecule has 0 bridgehead atoms. The molecule has 0 aromatic heterocycles. The summed E-state index contributed by atoms with van der Waals surface area (Å²) in [5, 5.41) is 2.83. The first-order chi connectivity index (χ1) is 13.2. The third-order valence-corrected chi connectivity index (χ3v) is 4.50. The van der Waals surface area contributed by atoms with E-state index in [9.17, 15) is 9.59 Å². The van der Waals surface area contributed by atoms with E-state index in [0.717, 1.165) is 5.75 Å². The number of likely N-dealkylation sites (tertiary alicyclic amines) is 1. The van der Waals surface area contributed by atoms with Crippen molar-refractivity contribution in [3.8, 4) is 5.75 Å².